The minimum atomic E-state index is -2.12. The van der Waals surface area contributed by atoms with Gasteiger partial charge in [-0.15, -0.1) is 0 Å². The fourth-order valence-electron chi connectivity index (χ4n) is 2.23. The lowest BCUT2D eigenvalue weighted by Gasteiger charge is -2.27. The third kappa shape index (κ3) is 5.87. The summed E-state index contributed by atoms with van der Waals surface area (Å²) in [4.78, 5) is 3.51. The minimum Gasteiger partial charge on any atom is -0.386 e. The van der Waals surface area contributed by atoms with Crippen LogP contribution in [0, 0.1) is 0 Å². The van der Waals surface area contributed by atoms with E-state index < -0.39 is 8.72 Å². The molecule has 0 aliphatic rings. The summed E-state index contributed by atoms with van der Waals surface area (Å²) in [5.74, 6) is 0. The molecule has 1 aromatic carbocycles. The Hall–Kier alpha value is -0.683. The summed E-state index contributed by atoms with van der Waals surface area (Å²) in [5, 5.41) is 0. The Labute approximate surface area is 118 Å². The van der Waals surface area contributed by atoms with E-state index in [1.54, 1.807) is 14.2 Å². The van der Waals surface area contributed by atoms with Crippen LogP contribution in [0.3, 0.4) is 0 Å². The molecule has 0 unspecified atom stereocenters. The SMILES string of the molecule is CCC[Si](NCCCCc1ccccc1)(OC)OC. The highest BCUT2D eigenvalue weighted by Crippen LogP contribution is 2.11. The Morgan fingerprint density at radius 1 is 1.05 bits per heavy atom. The molecule has 0 bridgehead atoms. The van der Waals surface area contributed by atoms with Gasteiger partial charge in [0.2, 0.25) is 0 Å². The molecule has 3 nitrogen and oxygen atoms in total. The molecular formula is C15H27NO2Si. The van der Waals surface area contributed by atoms with Crippen molar-refractivity contribution in [3.8, 4) is 0 Å². The highest BCUT2D eigenvalue weighted by Gasteiger charge is 2.34. The number of aryl methyl sites for hydroxylation is 1. The van der Waals surface area contributed by atoms with Gasteiger partial charge in [0.15, 0.2) is 0 Å². The lowest BCUT2D eigenvalue weighted by molar-refractivity contribution is 0.226. The van der Waals surface area contributed by atoms with Crippen LogP contribution in [0.5, 0.6) is 0 Å². The first-order valence-corrected chi connectivity index (χ1v) is 9.18. The monoisotopic (exact) mass is 281 g/mol. The van der Waals surface area contributed by atoms with E-state index in [2.05, 4.69) is 42.2 Å². The van der Waals surface area contributed by atoms with Crippen LogP contribution in [0.2, 0.25) is 6.04 Å². The van der Waals surface area contributed by atoms with Crippen LogP contribution in [0.25, 0.3) is 0 Å². The zero-order valence-electron chi connectivity index (χ0n) is 12.4. The van der Waals surface area contributed by atoms with Crippen molar-refractivity contribution in [1.82, 2.24) is 4.98 Å². The Kier molecular flexibility index (Phi) is 7.98. The quantitative estimate of drug-likeness (QED) is 0.527. The molecular weight excluding hydrogens is 254 g/mol. The van der Waals surface area contributed by atoms with Gasteiger partial charge >= 0.3 is 8.72 Å². The molecule has 0 fully saturated rings. The van der Waals surface area contributed by atoms with E-state index in [4.69, 9.17) is 8.85 Å². The maximum Gasteiger partial charge on any atom is 0.424 e. The maximum atomic E-state index is 5.60. The molecule has 0 spiro atoms. The standard InChI is InChI=1S/C15H27NO2Si/c1-4-14-19(17-2,18-3)16-13-9-8-12-15-10-6-5-7-11-15/h5-7,10-11,16H,4,8-9,12-14H2,1-3H3. The van der Waals surface area contributed by atoms with Gasteiger partial charge in [0.1, 0.15) is 0 Å². The molecule has 19 heavy (non-hydrogen) atoms. The maximum absolute atomic E-state index is 5.60. The molecule has 0 amide bonds. The fraction of sp³-hybridized carbons (Fsp3) is 0.600. The van der Waals surface area contributed by atoms with Gasteiger partial charge in [0.25, 0.3) is 0 Å². The zero-order chi connectivity index (χ0) is 14.0. The van der Waals surface area contributed by atoms with Gasteiger partial charge in [-0.3, -0.25) is 4.98 Å². The van der Waals surface area contributed by atoms with Crippen LogP contribution in [0.4, 0.5) is 0 Å². The van der Waals surface area contributed by atoms with Crippen LogP contribution in [-0.4, -0.2) is 29.5 Å². The summed E-state index contributed by atoms with van der Waals surface area (Å²) in [6.07, 6.45) is 4.58. The predicted octanol–water partition coefficient (Wildman–Crippen LogP) is 3.24. The molecule has 0 heterocycles. The van der Waals surface area contributed by atoms with Crippen LogP contribution in [-0.2, 0) is 15.3 Å². The van der Waals surface area contributed by atoms with Crippen molar-refractivity contribution in [1.29, 1.82) is 0 Å². The average Bonchev–Trinajstić information content (AvgIpc) is 2.47. The van der Waals surface area contributed by atoms with Crippen molar-refractivity contribution in [2.24, 2.45) is 0 Å². The van der Waals surface area contributed by atoms with E-state index in [-0.39, 0.29) is 0 Å². The summed E-state index contributed by atoms with van der Waals surface area (Å²) in [6.45, 7) is 3.14. The molecule has 0 atom stereocenters. The van der Waals surface area contributed by atoms with E-state index in [0.717, 1.165) is 31.9 Å². The van der Waals surface area contributed by atoms with Gasteiger partial charge < -0.3 is 8.85 Å². The highest BCUT2D eigenvalue weighted by atomic mass is 28.4. The van der Waals surface area contributed by atoms with Crippen molar-refractivity contribution < 1.29 is 8.85 Å². The second kappa shape index (κ2) is 9.26. The predicted molar refractivity (Wildman–Crippen MR) is 82.3 cm³/mol. The van der Waals surface area contributed by atoms with E-state index in [0.29, 0.717) is 0 Å². The van der Waals surface area contributed by atoms with E-state index >= 15 is 0 Å². The summed E-state index contributed by atoms with van der Waals surface area (Å²) in [6, 6.07) is 11.6. The highest BCUT2D eigenvalue weighted by molar-refractivity contribution is 6.64. The second-order valence-electron chi connectivity index (χ2n) is 4.78. The molecule has 4 heteroatoms. The van der Waals surface area contributed by atoms with Crippen LogP contribution in [0.1, 0.15) is 31.7 Å². The summed E-state index contributed by atoms with van der Waals surface area (Å²) >= 11 is 0. The lowest BCUT2D eigenvalue weighted by Crippen LogP contribution is -2.55. The first kappa shape index (κ1) is 16.4. The summed E-state index contributed by atoms with van der Waals surface area (Å²) < 4.78 is 11.2. The summed E-state index contributed by atoms with van der Waals surface area (Å²) in [5.41, 5.74) is 1.41. The summed E-state index contributed by atoms with van der Waals surface area (Å²) in [7, 11) is 1.38. The van der Waals surface area contributed by atoms with Gasteiger partial charge in [-0.1, -0.05) is 43.7 Å². The zero-order valence-corrected chi connectivity index (χ0v) is 13.4. The number of nitrogens with one attached hydrogen (secondary N) is 1. The Balaban J connectivity index is 2.22. The molecule has 0 radical (unpaired) electrons. The Bertz CT molecular complexity index is 328. The van der Waals surface area contributed by atoms with Crippen molar-refractivity contribution in [2.75, 3.05) is 20.8 Å². The molecule has 108 valence electrons. The van der Waals surface area contributed by atoms with Crippen LogP contribution < -0.4 is 4.98 Å². The van der Waals surface area contributed by atoms with Crippen molar-refractivity contribution >= 4 is 8.72 Å². The second-order valence-corrected chi connectivity index (χ2v) is 7.96. The minimum absolute atomic E-state index is 0.973. The third-order valence-electron chi connectivity index (χ3n) is 3.37. The van der Waals surface area contributed by atoms with E-state index in [1.165, 1.54) is 12.0 Å². The Morgan fingerprint density at radius 3 is 2.32 bits per heavy atom. The van der Waals surface area contributed by atoms with E-state index in [9.17, 15) is 0 Å². The molecule has 0 saturated heterocycles. The molecule has 1 aromatic rings. The largest absolute Gasteiger partial charge is 0.424 e. The average molecular weight is 281 g/mol. The number of hydrogen-bond donors (Lipinski definition) is 1. The fourth-order valence-corrected chi connectivity index (χ4v) is 4.48. The topological polar surface area (TPSA) is 30.5 Å². The molecule has 0 aromatic heterocycles. The lowest BCUT2D eigenvalue weighted by atomic mass is 10.1. The van der Waals surface area contributed by atoms with Crippen molar-refractivity contribution in [3.05, 3.63) is 35.9 Å². The molecule has 1 rings (SSSR count). The van der Waals surface area contributed by atoms with Crippen LogP contribution in [0.15, 0.2) is 30.3 Å². The normalized spacial score (nSPS) is 11.7. The number of rotatable bonds is 10. The van der Waals surface area contributed by atoms with Gasteiger partial charge in [0, 0.05) is 20.3 Å². The van der Waals surface area contributed by atoms with Gasteiger partial charge in [-0.2, -0.15) is 0 Å². The number of hydrogen-bond acceptors (Lipinski definition) is 3. The van der Waals surface area contributed by atoms with E-state index in [1.807, 2.05) is 0 Å². The van der Waals surface area contributed by atoms with Crippen molar-refractivity contribution in [3.63, 3.8) is 0 Å². The first-order chi connectivity index (χ1) is 9.26. The molecule has 0 aliphatic carbocycles. The van der Waals surface area contributed by atoms with Gasteiger partial charge in [0.05, 0.1) is 0 Å². The molecule has 1 N–H and O–H groups in total. The Morgan fingerprint density at radius 2 is 1.74 bits per heavy atom. The van der Waals surface area contributed by atoms with Crippen LogP contribution >= 0.6 is 0 Å². The molecule has 0 saturated carbocycles. The third-order valence-corrected chi connectivity index (χ3v) is 6.63. The number of benzene rings is 1. The number of unbranched alkanes of at least 4 members (excludes halogenated alkanes) is 1. The van der Waals surface area contributed by atoms with Crippen molar-refractivity contribution in [2.45, 2.75) is 38.7 Å². The van der Waals surface area contributed by atoms with Gasteiger partial charge in [-0.25, -0.2) is 0 Å². The first-order valence-electron chi connectivity index (χ1n) is 7.15. The molecule has 0 aliphatic heterocycles. The van der Waals surface area contributed by atoms with Gasteiger partial charge in [-0.05, 0) is 31.4 Å². The smallest absolute Gasteiger partial charge is 0.386 e.